The van der Waals surface area contributed by atoms with Crippen molar-refractivity contribution in [3.63, 3.8) is 0 Å². The van der Waals surface area contributed by atoms with Crippen LogP contribution in [0.3, 0.4) is 0 Å². The second kappa shape index (κ2) is 13.3. The minimum absolute atomic E-state index is 0.0566. The molecule has 5 rings (SSSR count). The summed E-state index contributed by atoms with van der Waals surface area (Å²) >= 11 is 1.68. The normalized spacial score (nSPS) is 30.1. The van der Waals surface area contributed by atoms with Gasteiger partial charge in [0.25, 0.3) is 0 Å². The lowest BCUT2D eigenvalue weighted by molar-refractivity contribution is -0.147. The SMILES string of the molecule is C=CCN(C(=O)[C@H]1[C@H]2C(=O)N([C@@H](CC)CO)C(C(=O)N(CC=C)C3CCCCC3)C23CC[C@]1(C)S3)c1ccc(OCC)cc1. The van der Waals surface area contributed by atoms with Crippen molar-refractivity contribution in [3.05, 3.63) is 49.6 Å². The zero-order valence-electron chi connectivity index (χ0n) is 26.6. The third kappa shape index (κ3) is 5.38. The minimum Gasteiger partial charge on any atom is -0.494 e. The minimum atomic E-state index is -0.738. The summed E-state index contributed by atoms with van der Waals surface area (Å²) in [5.41, 5.74) is 0.718. The van der Waals surface area contributed by atoms with Gasteiger partial charge < -0.3 is 24.5 Å². The number of likely N-dealkylation sites (tertiary alicyclic amines) is 1. The molecule has 0 radical (unpaired) electrons. The number of amides is 3. The van der Waals surface area contributed by atoms with Crippen molar-refractivity contribution in [2.45, 2.75) is 99.8 Å². The van der Waals surface area contributed by atoms with Crippen LogP contribution in [0.4, 0.5) is 5.69 Å². The summed E-state index contributed by atoms with van der Waals surface area (Å²) in [6, 6.07) is 6.32. The molecule has 9 heteroatoms. The third-order valence-corrected chi connectivity index (χ3v) is 12.4. The fourth-order valence-corrected chi connectivity index (χ4v) is 10.8. The molecule has 3 heterocycles. The number of thioether (sulfide) groups is 1. The number of carbonyl (C=O) groups excluding carboxylic acids is 3. The topological polar surface area (TPSA) is 90.4 Å². The lowest BCUT2D eigenvalue weighted by Gasteiger charge is -2.42. The van der Waals surface area contributed by atoms with Crippen molar-refractivity contribution in [1.29, 1.82) is 0 Å². The van der Waals surface area contributed by atoms with Gasteiger partial charge in [-0.05, 0) is 70.2 Å². The molecule has 3 amide bonds. The van der Waals surface area contributed by atoms with Crippen molar-refractivity contribution in [1.82, 2.24) is 9.80 Å². The Morgan fingerprint density at radius 3 is 2.36 bits per heavy atom. The first kappa shape index (κ1) is 32.6. The molecule has 1 spiro atoms. The van der Waals surface area contributed by atoms with E-state index >= 15 is 0 Å². The van der Waals surface area contributed by atoms with E-state index in [2.05, 4.69) is 20.1 Å². The molecule has 1 saturated carbocycles. The van der Waals surface area contributed by atoms with Crippen LogP contribution in [0.2, 0.25) is 0 Å². The molecule has 4 aliphatic rings. The van der Waals surface area contributed by atoms with Crippen LogP contribution in [-0.4, -0.2) is 86.6 Å². The van der Waals surface area contributed by atoms with Crippen molar-refractivity contribution in [3.8, 4) is 5.75 Å². The number of fused-ring (bicyclic) bond motifs is 1. The highest BCUT2D eigenvalue weighted by molar-refractivity contribution is 8.02. The van der Waals surface area contributed by atoms with Crippen LogP contribution in [0.5, 0.6) is 5.75 Å². The molecule has 2 bridgehead atoms. The van der Waals surface area contributed by atoms with Gasteiger partial charge in [-0.25, -0.2) is 0 Å². The summed E-state index contributed by atoms with van der Waals surface area (Å²) in [6.45, 7) is 14.9. The fraction of sp³-hybridized carbons (Fsp3) is 0.629. The van der Waals surface area contributed by atoms with Gasteiger partial charge in [0.1, 0.15) is 11.8 Å². The van der Waals surface area contributed by atoms with E-state index in [1.807, 2.05) is 43.0 Å². The summed E-state index contributed by atoms with van der Waals surface area (Å²) in [5.74, 6) is -0.892. The highest BCUT2D eigenvalue weighted by Gasteiger charge is 2.78. The molecule has 1 aromatic carbocycles. The van der Waals surface area contributed by atoms with Gasteiger partial charge in [-0.3, -0.25) is 14.4 Å². The fourth-order valence-electron chi connectivity index (χ4n) is 8.44. The van der Waals surface area contributed by atoms with Gasteiger partial charge in [-0.1, -0.05) is 38.3 Å². The van der Waals surface area contributed by atoms with Crippen molar-refractivity contribution in [2.75, 3.05) is 31.2 Å². The molecule has 6 atom stereocenters. The van der Waals surface area contributed by atoms with Gasteiger partial charge in [-0.15, -0.1) is 24.9 Å². The summed E-state index contributed by atoms with van der Waals surface area (Å²) in [4.78, 5) is 49.6. The molecule has 1 N–H and O–H groups in total. The van der Waals surface area contributed by atoms with Gasteiger partial charge in [0.05, 0.1) is 35.8 Å². The standard InChI is InChI=1S/C35H49N3O5S/c1-6-21-36(26-15-17-27(18-16-26)43-9-4)31(40)28-29-32(41)38(24(8-3)23-39)30(35(29)20-19-34(28,5)44-35)33(42)37(22-7-2)25-13-11-10-12-14-25/h6-7,15-18,24-25,28-30,39H,1-2,8-14,19-23H2,3-5H3/t24-,28+,29-,30?,34-,35?/m0/s1. The summed E-state index contributed by atoms with van der Waals surface area (Å²) in [7, 11) is 0. The first-order chi connectivity index (χ1) is 21.2. The average molecular weight is 624 g/mol. The second-order valence-electron chi connectivity index (χ2n) is 13.0. The molecular formula is C35H49N3O5S. The van der Waals surface area contributed by atoms with Gasteiger partial charge in [0, 0.05) is 29.6 Å². The number of rotatable bonds is 13. The first-order valence-corrected chi connectivity index (χ1v) is 17.2. The van der Waals surface area contributed by atoms with E-state index in [0.29, 0.717) is 32.5 Å². The van der Waals surface area contributed by atoms with Gasteiger partial charge >= 0.3 is 0 Å². The van der Waals surface area contributed by atoms with Gasteiger partial charge in [0.15, 0.2) is 0 Å². The summed E-state index contributed by atoms with van der Waals surface area (Å²) < 4.78 is 4.38. The number of carbonyl (C=O) groups is 3. The Balaban J connectivity index is 1.56. The average Bonchev–Trinajstić information content (AvgIpc) is 3.60. The van der Waals surface area contributed by atoms with Gasteiger partial charge in [-0.2, -0.15) is 0 Å². The molecule has 1 aliphatic carbocycles. The van der Waals surface area contributed by atoms with Crippen LogP contribution in [0.1, 0.15) is 72.1 Å². The predicted octanol–water partition coefficient (Wildman–Crippen LogP) is 5.20. The van der Waals surface area contributed by atoms with Crippen LogP contribution in [0.15, 0.2) is 49.6 Å². The van der Waals surface area contributed by atoms with E-state index in [1.54, 1.807) is 33.7 Å². The molecule has 2 unspecified atom stereocenters. The Kier molecular flexibility index (Phi) is 9.85. The number of hydrogen-bond acceptors (Lipinski definition) is 6. The molecule has 8 nitrogen and oxygen atoms in total. The largest absolute Gasteiger partial charge is 0.494 e. The lowest BCUT2D eigenvalue weighted by Crippen LogP contribution is -2.59. The van der Waals surface area contributed by atoms with Crippen LogP contribution < -0.4 is 9.64 Å². The molecule has 0 aromatic heterocycles. The molecule has 4 fully saturated rings. The monoisotopic (exact) mass is 623 g/mol. The zero-order chi connectivity index (χ0) is 31.6. The number of aliphatic hydroxyl groups is 1. The Labute approximate surface area is 266 Å². The van der Waals surface area contributed by atoms with Gasteiger partial charge in [0.2, 0.25) is 17.7 Å². The summed E-state index contributed by atoms with van der Waals surface area (Å²) in [5, 5.41) is 10.5. The van der Waals surface area contributed by atoms with Crippen molar-refractivity contribution >= 4 is 35.2 Å². The van der Waals surface area contributed by atoms with E-state index in [9.17, 15) is 19.5 Å². The van der Waals surface area contributed by atoms with E-state index in [0.717, 1.165) is 43.5 Å². The highest BCUT2D eigenvalue weighted by Crippen LogP contribution is 2.72. The second-order valence-corrected chi connectivity index (χ2v) is 14.9. The smallest absolute Gasteiger partial charge is 0.247 e. The van der Waals surface area contributed by atoms with Crippen molar-refractivity contribution < 1.29 is 24.2 Å². The van der Waals surface area contributed by atoms with Crippen LogP contribution in [0.25, 0.3) is 0 Å². The Morgan fingerprint density at radius 2 is 1.77 bits per heavy atom. The third-order valence-electron chi connectivity index (χ3n) is 10.5. The molecule has 44 heavy (non-hydrogen) atoms. The van der Waals surface area contributed by atoms with Crippen molar-refractivity contribution in [2.24, 2.45) is 11.8 Å². The Hall–Kier alpha value is -2.78. The molecule has 3 saturated heterocycles. The lowest BCUT2D eigenvalue weighted by atomic mass is 9.66. The maximum atomic E-state index is 14.8. The number of aliphatic hydroxyl groups excluding tert-OH is 1. The predicted molar refractivity (Wildman–Crippen MR) is 176 cm³/mol. The first-order valence-electron chi connectivity index (χ1n) is 16.4. The van der Waals surface area contributed by atoms with Crippen LogP contribution >= 0.6 is 11.8 Å². The van der Waals surface area contributed by atoms with E-state index < -0.39 is 33.4 Å². The number of ether oxygens (including phenoxy) is 1. The number of benzene rings is 1. The number of nitrogens with zero attached hydrogens (tertiary/aromatic N) is 3. The number of anilines is 1. The van der Waals surface area contributed by atoms with Crippen LogP contribution in [0, 0.1) is 11.8 Å². The quantitative estimate of drug-likeness (QED) is 0.304. The molecule has 3 aliphatic heterocycles. The maximum Gasteiger partial charge on any atom is 0.247 e. The summed E-state index contributed by atoms with van der Waals surface area (Å²) in [6.07, 6.45) is 10.6. The van der Waals surface area contributed by atoms with E-state index in [1.165, 1.54) is 6.42 Å². The number of hydrogen-bond donors (Lipinski definition) is 1. The van der Waals surface area contributed by atoms with E-state index in [-0.39, 0.29) is 30.4 Å². The highest BCUT2D eigenvalue weighted by atomic mass is 32.2. The van der Waals surface area contributed by atoms with E-state index in [4.69, 9.17) is 4.74 Å². The zero-order valence-corrected chi connectivity index (χ0v) is 27.4. The Morgan fingerprint density at radius 1 is 1.09 bits per heavy atom. The van der Waals surface area contributed by atoms with Crippen LogP contribution in [-0.2, 0) is 14.4 Å². The maximum absolute atomic E-state index is 14.8. The molecular weight excluding hydrogens is 574 g/mol. The Bertz CT molecular complexity index is 1250. The molecule has 240 valence electrons. The molecule has 1 aromatic rings.